The lowest BCUT2D eigenvalue weighted by atomic mass is 9.95. The zero-order chi connectivity index (χ0) is 23.2. The van der Waals surface area contributed by atoms with Crippen molar-refractivity contribution < 1.29 is 9.21 Å². The lowest BCUT2D eigenvalue weighted by Gasteiger charge is -2.39. The van der Waals surface area contributed by atoms with Crippen molar-refractivity contribution in [3.05, 3.63) is 89.4 Å². The van der Waals surface area contributed by atoms with E-state index >= 15 is 0 Å². The first-order valence-electron chi connectivity index (χ1n) is 11.8. The molecular weight excluding hydrogens is 412 g/mol. The topological polar surface area (TPSA) is 66.0 Å². The zero-order valence-electron chi connectivity index (χ0n) is 19.6. The molecule has 2 aromatic carbocycles. The smallest absolute Gasteiger partial charge is 0.253 e. The summed E-state index contributed by atoms with van der Waals surface area (Å²) in [4.78, 5) is 19.6. The first kappa shape index (κ1) is 23.1. The molecule has 1 aliphatic rings. The predicted octanol–water partition coefficient (Wildman–Crippen LogP) is 4.25. The summed E-state index contributed by atoms with van der Waals surface area (Å²) in [5.74, 6) is 0.0833. The molecule has 2 N–H and O–H groups in total. The monoisotopic (exact) mass is 446 g/mol. The van der Waals surface area contributed by atoms with Gasteiger partial charge in [0, 0.05) is 62.6 Å². The lowest BCUT2D eigenvalue weighted by Crippen LogP contribution is -2.47. The number of hydrogen-bond donors (Lipinski definition) is 1. The second-order valence-electron chi connectivity index (χ2n) is 8.62. The van der Waals surface area contributed by atoms with Crippen molar-refractivity contribution in [2.75, 3.05) is 45.0 Å². The number of nitrogen functional groups attached to an aromatic ring is 1. The van der Waals surface area contributed by atoms with Crippen LogP contribution in [0.5, 0.6) is 0 Å². The number of carbonyl (C=O) groups is 1. The second-order valence-corrected chi connectivity index (χ2v) is 8.62. The maximum Gasteiger partial charge on any atom is 0.253 e. The number of carbonyl (C=O) groups excluding carboxylic acids is 1. The van der Waals surface area contributed by atoms with E-state index in [9.17, 15) is 4.79 Å². The summed E-state index contributed by atoms with van der Waals surface area (Å²) >= 11 is 0. The minimum atomic E-state index is 0.0833. The molecule has 0 bridgehead atoms. The summed E-state index contributed by atoms with van der Waals surface area (Å²) in [5.41, 5.74) is 11.2. The average molecular weight is 447 g/mol. The maximum atomic E-state index is 12.8. The molecule has 1 amide bonds. The summed E-state index contributed by atoms with van der Waals surface area (Å²) in [6, 6.07) is 18.4. The van der Waals surface area contributed by atoms with Crippen molar-refractivity contribution in [3.63, 3.8) is 0 Å². The molecule has 1 saturated heterocycles. The van der Waals surface area contributed by atoms with Gasteiger partial charge in [0.05, 0.1) is 18.6 Å². The Hall–Kier alpha value is -3.09. The van der Waals surface area contributed by atoms with Gasteiger partial charge in [-0.2, -0.15) is 0 Å². The third-order valence-corrected chi connectivity index (χ3v) is 6.51. The van der Waals surface area contributed by atoms with Gasteiger partial charge in [0.15, 0.2) is 0 Å². The third kappa shape index (κ3) is 5.46. The SMILES string of the molecule is CCN(CC)C(=O)c1ccc(C(c2cccc(N)c2)N2CCN(Cc3ccoc3)CC2)cc1. The molecular formula is C27H34N4O2. The summed E-state index contributed by atoms with van der Waals surface area (Å²) < 4.78 is 5.22. The Bertz CT molecular complexity index is 1020. The van der Waals surface area contributed by atoms with Crippen molar-refractivity contribution in [2.24, 2.45) is 0 Å². The molecule has 6 nitrogen and oxygen atoms in total. The van der Waals surface area contributed by atoms with Crippen LogP contribution in [0.25, 0.3) is 0 Å². The van der Waals surface area contributed by atoms with Crippen LogP contribution in [0, 0.1) is 0 Å². The van der Waals surface area contributed by atoms with E-state index in [0.29, 0.717) is 13.1 Å². The first-order valence-corrected chi connectivity index (χ1v) is 11.8. The quantitative estimate of drug-likeness (QED) is 0.524. The number of amides is 1. The highest BCUT2D eigenvalue weighted by molar-refractivity contribution is 5.94. The molecule has 4 rings (SSSR count). The van der Waals surface area contributed by atoms with Crippen LogP contribution in [0.4, 0.5) is 5.69 Å². The standard InChI is InChI=1S/C27H34N4O2/c1-3-30(4-2)27(32)23-10-8-22(9-11-23)26(24-6-5-7-25(28)18-24)31-15-13-29(14-16-31)19-21-12-17-33-20-21/h5-12,17-18,20,26H,3-4,13-16,19,28H2,1-2H3. The number of piperazine rings is 1. The fourth-order valence-electron chi connectivity index (χ4n) is 4.67. The van der Waals surface area contributed by atoms with Gasteiger partial charge in [-0.3, -0.25) is 14.6 Å². The van der Waals surface area contributed by atoms with Crippen LogP contribution in [0.1, 0.15) is 46.9 Å². The van der Waals surface area contributed by atoms with Gasteiger partial charge in [-0.1, -0.05) is 24.3 Å². The van der Waals surface area contributed by atoms with Crippen LogP contribution in [0.15, 0.2) is 71.5 Å². The predicted molar refractivity (Wildman–Crippen MR) is 132 cm³/mol. The molecule has 1 aliphatic heterocycles. The number of hydrogen-bond acceptors (Lipinski definition) is 5. The molecule has 174 valence electrons. The molecule has 0 saturated carbocycles. The van der Waals surface area contributed by atoms with Crippen LogP contribution in [-0.4, -0.2) is 59.9 Å². The van der Waals surface area contributed by atoms with E-state index in [2.05, 4.69) is 34.1 Å². The molecule has 1 unspecified atom stereocenters. The van der Waals surface area contributed by atoms with Gasteiger partial charge in [0.2, 0.25) is 0 Å². The highest BCUT2D eigenvalue weighted by atomic mass is 16.3. The van der Waals surface area contributed by atoms with Gasteiger partial charge in [-0.15, -0.1) is 0 Å². The van der Waals surface area contributed by atoms with E-state index in [-0.39, 0.29) is 11.9 Å². The summed E-state index contributed by atoms with van der Waals surface area (Å²) in [6.07, 6.45) is 3.55. The molecule has 1 fully saturated rings. The molecule has 1 aromatic heterocycles. The Morgan fingerprint density at radius 2 is 1.73 bits per heavy atom. The average Bonchev–Trinajstić information content (AvgIpc) is 3.35. The molecule has 1 atom stereocenters. The van der Waals surface area contributed by atoms with Gasteiger partial charge in [0.1, 0.15) is 0 Å². The van der Waals surface area contributed by atoms with E-state index < -0.39 is 0 Å². The van der Waals surface area contributed by atoms with Crippen molar-refractivity contribution >= 4 is 11.6 Å². The van der Waals surface area contributed by atoms with Crippen molar-refractivity contribution in [3.8, 4) is 0 Å². The van der Waals surface area contributed by atoms with Crippen molar-refractivity contribution in [1.82, 2.24) is 14.7 Å². The van der Waals surface area contributed by atoms with Crippen molar-refractivity contribution in [1.29, 1.82) is 0 Å². The maximum absolute atomic E-state index is 12.8. The summed E-state index contributed by atoms with van der Waals surface area (Å²) in [6.45, 7) is 10.3. The largest absolute Gasteiger partial charge is 0.472 e. The minimum Gasteiger partial charge on any atom is -0.472 e. The van der Waals surface area contributed by atoms with Crippen LogP contribution in [-0.2, 0) is 6.54 Å². The summed E-state index contributed by atoms with van der Waals surface area (Å²) in [7, 11) is 0. The van der Waals surface area contributed by atoms with Gasteiger partial charge in [0.25, 0.3) is 5.91 Å². The molecule has 0 radical (unpaired) electrons. The van der Waals surface area contributed by atoms with Gasteiger partial charge < -0.3 is 15.1 Å². The molecule has 0 aliphatic carbocycles. The van der Waals surface area contributed by atoms with E-state index in [0.717, 1.165) is 44.0 Å². The van der Waals surface area contributed by atoms with Crippen LogP contribution >= 0.6 is 0 Å². The van der Waals surface area contributed by atoms with Crippen LogP contribution in [0.3, 0.4) is 0 Å². The molecule has 2 heterocycles. The summed E-state index contributed by atoms with van der Waals surface area (Å²) in [5, 5.41) is 0. The Kier molecular flexibility index (Phi) is 7.47. The first-order chi connectivity index (χ1) is 16.1. The van der Waals surface area contributed by atoms with E-state index in [1.807, 2.05) is 55.3 Å². The lowest BCUT2D eigenvalue weighted by molar-refractivity contribution is 0.0773. The number of benzene rings is 2. The van der Waals surface area contributed by atoms with Crippen LogP contribution < -0.4 is 5.73 Å². The molecule has 3 aromatic rings. The Labute approximate surface area is 196 Å². The highest BCUT2D eigenvalue weighted by Gasteiger charge is 2.27. The molecule has 0 spiro atoms. The Morgan fingerprint density at radius 3 is 2.33 bits per heavy atom. The van der Waals surface area contributed by atoms with E-state index in [1.54, 1.807) is 6.26 Å². The van der Waals surface area contributed by atoms with E-state index in [4.69, 9.17) is 10.2 Å². The molecule has 33 heavy (non-hydrogen) atoms. The number of nitrogens with two attached hydrogens (primary N) is 1. The molecule has 6 heteroatoms. The van der Waals surface area contributed by atoms with Gasteiger partial charge >= 0.3 is 0 Å². The zero-order valence-corrected chi connectivity index (χ0v) is 19.6. The number of anilines is 1. The number of rotatable bonds is 8. The Balaban J connectivity index is 1.54. The van der Waals surface area contributed by atoms with E-state index in [1.165, 1.54) is 16.7 Å². The number of nitrogens with zero attached hydrogens (tertiary/aromatic N) is 3. The second kappa shape index (κ2) is 10.7. The van der Waals surface area contributed by atoms with Crippen molar-refractivity contribution in [2.45, 2.75) is 26.4 Å². The van der Waals surface area contributed by atoms with Crippen LogP contribution in [0.2, 0.25) is 0 Å². The fourth-order valence-corrected chi connectivity index (χ4v) is 4.67. The highest BCUT2D eigenvalue weighted by Crippen LogP contribution is 2.31. The van der Waals surface area contributed by atoms with Gasteiger partial charge in [-0.05, 0) is 55.3 Å². The Morgan fingerprint density at radius 1 is 1.00 bits per heavy atom. The normalized spacial score (nSPS) is 15.9. The minimum absolute atomic E-state index is 0.0833. The van der Waals surface area contributed by atoms with Gasteiger partial charge in [-0.25, -0.2) is 0 Å². The fraction of sp³-hybridized carbons (Fsp3) is 0.370. The third-order valence-electron chi connectivity index (χ3n) is 6.51. The number of furan rings is 1.